The van der Waals surface area contributed by atoms with Gasteiger partial charge < -0.3 is 99.6 Å². The van der Waals surface area contributed by atoms with Gasteiger partial charge in [-0.2, -0.15) is 0 Å². The SMILES string of the molecule is CC(=O)N[C@@H](CSSCCCC(=O)O[C@@H](C(=O)O[C@H]1C[C@@]2(O)[C@@H](OC(=O)c3ccccc3)C3[C@](C)(C(=O)[C@H](OC(C)=O)C(=C1C)C2(C)C)[C@@H](O)C[C@H]1OC[C@@]31OC(C)=O)[C@@H](NC(=O)c1ccccc1)c1ccccc1)C(=O)N[C@H](CCCN=C(N)N)C(=O)N[C@H](CCCN=C(N)N)C(=O)N[C@H](CCCN=C(N)N)C(C)=O. The zero-order valence-electron chi connectivity index (χ0n) is 63.3. The number of fused-ring (bicyclic) bond motifs is 5. The zero-order valence-corrected chi connectivity index (χ0v) is 64.9. The van der Waals surface area contributed by atoms with E-state index in [1.54, 1.807) is 66.7 Å². The lowest BCUT2D eigenvalue weighted by atomic mass is 9.44. The number of hydrogen-bond donors (Lipinski definition) is 13. The normalized spacial score (nSPS) is 23.6. The summed E-state index contributed by atoms with van der Waals surface area (Å²) in [5, 5.41) is 40.1. The van der Waals surface area contributed by atoms with Crippen LogP contribution in [0.15, 0.2) is 117 Å². The van der Waals surface area contributed by atoms with Crippen LogP contribution in [-0.2, 0) is 76.4 Å². The molecule has 604 valence electrons. The fourth-order valence-corrected chi connectivity index (χ4v) is 16.9. The molecule has 1 aliphatic heterocycles. The van der Waals surface area contributed by atoms with Gasteiger partial charge in [0, 0.05) is 82.2 Å². The van der Waals surface area contributed by atoms with E-state index in [2.05, 4.69) is 41.6 Å². The fraction of sp³-hybridized carbons (Fsp3) is 0.533. The Bertz CT molecular complexity index is 3990. The van der Waals surface area contributed by atoms with Gasteiger partial charge in [-0.05, 0) is 107 Å². The molecule has 3 aromatic carbocycles. The molecule has 15 atom stereocenters. The number of Topliss-reactive ketones (excluding diaryl/α,β-unsaturated/α-hetero) is 2. The third-order valence-corrected chi connectivity index (χ3v) is 22.7. The number of benzene rings is 3. The Morgan fingerprint density at radius 3 is 1.64 bits per heavy atom. The lowest BCUT2D eigenvalue weighted by Gasteiger charge is -2.67. The van der Waals surface area contributed by atoms with Gasteiger partial charge in [0.25, 0.3) is 5.91 Å². The van der Waals surface area contributed by atoms with Gasteiger partial charge in [0.2, 0.25) is 29.7 Å². The molecule has 5 amide bonds. The van der Waals surface area contributed by atoms with Crippen LogP contribution in [0.4, 0.5) is 0 Å². The Kier molecular flexibility index (Phi) is 31.4. The zero-order chi connectivity index (χ0) is 81.7. The molecular formula is C75H102N14O20S2. The number of aliphatic hydroxyl groups is 2. The Morgan fingerprint density at radius 2 is 1.14 bits per heavy atom. The monoisotopic (exact) mass is 1580 g/mol. The molecule has 7 rings (SSSR count). The van der Waals surface area contributed by atoms with E-state index in [-0.39, 0.29) is 134 Å². The minimum absolute atomic E-state index is 0.00836. The summed E-state index contributed by atoms with van der Waals surface area (Å²) >= 11 is 0. The molecule has 3 aromatic rings. The van der Waals surface area contributed by atoms with E-state index >= 15 is 9.59 Å². The van der Waals surface area contributed by atoms with Gasteiger partial charge in [-0.1, -0.05) is 102 Å². The van der Waals surface area contributed by atoms with Crippen molar-refractivity contribution in [1.82, 2.24) is 26.6 Å². The number of hydrogen-bond acceptors (Lipinski definition) is 25. The molecule has 1 heterocycles. The number of nitrogens with two attached hydrogens (primary N) is 6. The molecule has 1 unspecified atom stereocenters. The molecule has 3 aliphatic carbocycles. The van der Waals surface area contributed by atoms with Crippen molar-refractivity contribution in [3.63, 3.8) is 0 Å². The lowest BCUT2D eigenvalue weighted by molar-refractivity contribution is -0.346. The summed E-state index contributed by atoms with van der Waals surface area (Å²) in [5.41, 5.74) is 24.9. The second-order valence-corrected chi connectivity index (χ2v) is 31.1. The largest absolute Gasteiger partial charge is 0.455 e. The van der Waals surface area contributed by atoms with Crippen molar-refractivity contribution in [3.05, 3.63) is 119 Å². The van der Waals surface area contributed by atoms with Crippen molar-refractivity contribution in [1.29, 1.82) is 0 Å². The highest BCUT2D eigenvalue weighted by molar-refractivity contribution is 8.76. The predicted octanol–water partition coefficient (Wildman–Crippen LogP) is 1.16. The lowest BCUT2D eigenvalue weighted by Crippen LogP contribution is -2.82. The third-order valence-electron chi connectivity index (χ3n) is 20.2. The van der Waals surface area contributed by atoms with E-state index in [0.29, 0.717) is 6.42 Å². The molecule has 0 radical (unpaired) electrons. The van der Waals surface area contributed by atoms with Gasteiger partial charge in [-0.25, -0.2) is 9.59 Å². The Hall–Kier alpha value is -10.2. The van der Waals surface area contributed by atoms with Crippen LogP contribution in [0.3, 0.4) is 0 Å². The maximum Gasteiger partial charge on any atom is 0.350 e. The average molecular weight is 1580 g/mol. The first-order valence-corrected chi connectivity index (χ1v) is 38.8. The number of ether oxygens (including phenoxy) is 6. The van der Waals surface area contributed by atoms with Crippen molar-refractivity contribution < 1.29 is 96.2 Å². The van der Waals surface area contributed by atoms with Gasteiger partial charge in [-0.15, -0.1) is 0 Å². The van der Waals surface area contributed by atoms with Crippen LogP contribution in [0, 0.1) is 16.7 Å². The second-order valence-electron chi connectivity index (χ2n) is 28.4. The minimum Gasteiger partial charge on any atom is -0.455 e. The van der Waals surface area contributed by atoms with E-state index in [1.165, 1.54) is 76.6 Å². The van der Waals surface area contributed by atoms with E-state index in [1.807, 2.05) is 0 Å². The fourth-order valence-electron chi connectivity index (χ4n) is 14.6. The van der Waals surface area contributed by atoms with Gasteiger partial charge in [0.05, 0.1) is 35.6 Å². The van der Waals surface area contributed by atoms with Crippen LogP contribution in [0.5, 0.6) is 0 Å². The van der Waals surface area contributed by atoms with Crippen LogP contribution < -0.4 is 61.0 Å². The molecule has 34 nitrogen and oxygen atoms in total. The van der Waals surface area contributed by atoms with E-state index in [4.69, 9.17) is 62.8 Å². The maximum absolute atomic E-state index is 16.0. The van der Waals surface area contributed by atoms with Crippen LogP contribution in [0.2, 0.25) is 0 Å². The van der Waals surface area contributed by atoms with Crippen molar-refractivity contribution in [2.45, 2.75) is 198 Å². The van der Waals surface area contributed by atoms with Crippen LogP contribution in [0.1, 0.15) is 152 Å². The number of carbonyl (C=O) groups excluding carboxylic acids is 12. The number of aliphatic imine (C=N–C) groups is 3. The smallest absolute Gasteiger partial charge is 0.350 e. The quantitative estimate of drug-likeness (QED) is 0.00728. The topological polar surface area (TPSA) is 554 Å². The van der Waals surface area contributed by atoms with Crippen molar-refractivity contribution >= 4 is 110 Å². The number of carbonyl (C=O) groups is 12. The maximum atomic E-state index is 16.0. The summed E-state index contributed by atoms with van der Waals surface area (Å²) in [4.78, 5) is 182. The first-order valence-electron chi connectivity index (χ1n) is 36.3. The highest BCUT2D eigenvalue weighted by Crippen LogP contribution is 2.64. The third kappa shape index (κ3) is 22.3. The molecule has 2 saturated carbocycles. The van der Waals surface area contributed by atoms with Crippen molar-refractivity contribution in [2.75, 3.05) is 37.7 Å². The van der Waals surface area contributed by atoms with Crippen LogP contribution in [0.25, 0.3) is 0 Å². The summed E-state index contributed by atoms with van der Waals surface area (Å²) in [6.45, 7) is 10.3. The number of aliphatic hydroxyl groups excluding tert-OH is 1. The van der Waals surface area contributed by atoms with Gasteiger partial charge in [0.1, 0.15) is 48.1 Å². The first kappa shape index (κ1) is 88.0. The molecule has 111 heavy (non-hydrogen) atoms. The Balaban J connectivity index is 1.16. The summed E-state index contributed by atoms with van der Waals surface area (Å²) in [6.07, 6.45) is -11.2. The predicted molar refractivity (Wildman–Crippen MR) is 410 cm³/mol. The number of ketones is 2. The summed E-state index contributed by atoms with van der Waals surface area (Å²) in [6, 6.07) is 17.1. The molecule has 0 aromatic heterocycles. The summed E-state index contributed by atoms with van der Waals surface area (Å²) in [5.74, 6) is -12.4. The molecule has 19 N–H and O–H groups in total. The van der Waals surface area contributed by atoms with Gasteiger partial charge in [0.15, 0.2) is 41.2 Å². The number of rotatable bonds is 38. The number of nitrogens with zero attached hydrogens (tertiary/aromatic N) is 3. The first-order chi connectivity index (χ1) is 52.5. The number of amides is 5. The van der Waals surface area contributed by atoms with E-state index in [0.717, 1.165) is 24.6 Å². The number of nitrogens with one attached hydrogen (secondary N) is 5. The standard InChI is InChI=1S/C75H102N14O20S2/c1-40-52(37-75(103)62(108-67(101)47-26-16-11-17-27-47)60-73(8,53(94)36-54-74(60,39-104-54)109-44(5)93)61(96)58(105-43(4)92)56(40)72(75,6)7)106-68(102)59(57(45-22-12-9-13-23-45)89-63(97)46-24-14-10-15-25-46)107-55(95)31-21-35-110-111-38-51(85-42(3)91)66(100)88-50(30-20-34-84-71(80)81)65(99)87-49(29-19-33-83-70(78)79)64(98)86-48(41(2)90)28-18-32-82-69(76)77/h9-17,22-27,48-54,57-60,62,94,103H,18-21,28-39H2,1-8H3,(H,85,91)(H,86,98)(H,87,99)(H,88,100)(H,89,97)(H4,76,77,82)(H4,78,79,83)(H4,80,81,84)/t48-,49-,50-,51+,52+,53+,54-,57+,58-,59-,60?,62+,73-,74+,75-/m1/s1. The number of guanidine groups is 3. The van der Waals surface area contributed by atoms with E-state index in [9.17, 15) is 58.2 Å². The number of esters is 5. The molecule has 3 fully saturated rings. The van der Waals surface area contributed by atoms with Crippen molar-refractivity contribution in [3.8, 4) is 0 Å². The molecule has 0 spiro atoms. The van der Waals surface area contributed by atoms with Gasteiger partial charge >= 0.3 is 29.8 Å². The molecular weight excluding hydrogens is 1480 g/mol. The molecule has 4 aliphatic rings. The highest BCUT2D eigenvalue weighted by Gasteiger charge is 2.78. The minimum atomic E-state index is -2.57. The molecule has 36 heteroatoms. The van der Waals surface area contributed by atoms with Gasteiger partial charge in [-0.3, -0.25) is 62.9 Å². The Labute approximate surface area is 650 Å². The summed E-state index contributed by atoms with van der Waals surface area (Å²) < 4.78 is 37.3. The van der Waals surface area contributed by atoms with Crippen LogP contribution >= 0.6 is 21.6 Å². The average Bonchev–Trinajstić information content (AvgIpc) is 0.668. The summed E-state index contributed by atoms with van der Waals surface area (Å²) in [7, 11) is 2.29. The van der Waals surface area contributed by atoms with Crippen LogP contribution in [-0.4, -0.2) is 209 Å². The van der Waals surface area contributed by atoms with E-state index < -0.39 is 173 Å². The van der Waals surface area contributed by atoms with Crippen molar-refractivity contribution in [2.24, 2.45) is 66.1 Å². The molecule has 2 bridgehead atoms. The Morgan fingerprint density at radius 1 is 0.631 bits per heavy atom. The molecule has 1 saturated heterocycles. The second kappa shape index (κ2) is 39.6. The highest BCUT2D eigenvalue weighted by atomic mass is 33.1.